The summed E-state index contributed by atoms with van der Waals surface area (Å²) >= 11 is 0. The van der Waals surface area contributed by atoms with Crippen LogP contribution < -0.4 is 11.5 Å². The molecule has 2 N–H and O–H groups in total. The fourth-order valence-corrected chi connectivity index (χ4v) is 1.52. The number of rotatable bonds is 5. The number of nitrogens with two attached hydrogens (primary N) is 1. The Labute approximate surface area is 119 Å². The van der Waals surface area contributed by atoms with Gasteiger partial charge in [0.2, 0.25) is 5.89 Å². The Hall–Kier alpha value is -2.90. The number of aromatic nitrogens is 2. The third-order valence-electron chi connectivity index (χ3n) is 2.61. The number of benzene rings is 1. The number of hydrogen-bond acceptors (Lipinski definition) is 6. The van der Waals surface area contributed by atoms with E-state index in [-0.39, 0.29) is 5.89 Å². The minimum Gasteiger partial charge on any atom is -0.451 e. The third-order valence-corrected chi connectivity index (χ3v) is 2.61. The highest BCUT2D eigenvalue weighted by Gasteiger charge is 2.18. The summed E-state index contributed by atoms with van der Waals surface area (Å²) in [5, 5.41) is 3.89. The molecule has 0 aliphatic rings. The summed E-state index contributed by atoms with van der Waals surface area (Å²) in [6, 6.07) is 8.75. The van der Waals surface area contributed by atoms with Crippen molar-refractivity contribution in [3.05, 3.63) is 40.9 Å². The van der Waals surface area contributed by atoms with Crippen LogP contribution in [0.2, 0.25) is 0 Å². The maximum Gasteiger partial charge on any atom is 0.437 e. The third kappa shape index (κ3) is 3.56. The second-order valence-corrected chi connectivity index (χ2v) is 4.23. The molecule has 1 aromatic carbocycles. The molecule has 110 valence electrons. The second-order valence-electron chi connectivity index (χ2n) is 4.23. The van der Waals surface area contributed by atoms with Crippen LogP contribution in [0.5, 0.6) is 0 Å². The van der Waals surface area contributed by atoms with Gasteiger partial charge in [-0.3, -0.25) is 9.59 Å². The Bertz CT molecular complexity index is 704. The average Bonchev–Trinajstić information content (AvgIpc) is 2.81. The Kier molecular flexibility index (Phi) is 4.17. The Morgan fingerprint density at radius 2 is 2.05 bits per heavy atom. The molecule has 8 nitrogen and oxygen atoms in total. The van der Waals surface area contributed by atoms with Gasteiger partial charge in [0.25, 0.3) is 5.91 Å². The van der Waals surface area contributed by atoms with Gasteiger partial charge in [-0.25, -0.2) is 4.79 Å². The molecule has 0 fully saturated rings. The molecule has 0 saturated carbocycles. The number of nitrogens with zero attached hydrogens (tertiary/aromatic N) is 2. The summed E-state index contributed by atoms with van der Waals surface area (Å²) in [6.07, 6.45) is -1.08. The van der Waals surface area contributed by atoms with E-state index in [2.05, 4.69) is 5.10 Å². The second kappa shape index (κ2) is 6.04. The van der Waals surface area contributed by atoms with Crippen LogP contribution in [0.3, 0.4) is 0 Å². The molecule has 2 rings (SSSR count). The van der Waals surface area contributed by atoms with Gasteiger partial charge < -0.3 is 14.9 Å². The average molecular weight is 291 g/mol. The molecule has 0 aliphatic heterocycles. The van der Waals surface area contributed by atoms with E-state index in [1.54, 1.807) is 30.3 Å². The summed E-state index contributed by atoms with van der Waals surface area (Å²) in [6.45, 7) is 0.869. The molecule has 1 amide bonds. The van der Waals surface area contributed by atoms with Crippen molar-refractivity contribution < 1.29 is 18.7 Å². The number of ether oxygens (including phenoxy) is 1. The van der Waals surface area contributed by atoms with Crippen LogP contribution in [0, 0.1) is 0 Å². The van der Waals surface area contributed by atoms with Gasteiger partial charge in [-0.2, -0.15) is 4.68 Å². The first-order valence-electron chi connectivity index (χ1n) is 6.09. The van der Waals surface area contributed by atoms with Crippen molar-refractivity contribution in [1.29, 1.82) is 0 Å². The predicted molar refractivity (Wildman–Crippen MR) is 70.9 cm³/mol. The summed E-state index contributed by atoms with van der Waals surface area (Å²) in [7, 11) is 0. The molecule has 0 bridgehead atoms. The zero-order chi connectivity index (χ0) is 15.4. The van der Waals surface area contributed by atoms with Crippen molar-refractivity contribution in [2.45, 2.75) is 19.6 Å². The minimum atomic E-state index is -1.08. The van der Waals surface area contributed by atoms with Gasteiger partial charge in [-0.15, -0.1) is 5.10 Å². The Balaban J connectivity index is 2.12. The summed E-state index contributed by atoms with van der Waals surface area (Å²) in [5.41, 5.74) is 5.57. The lowest BCUT2D eigenvalue weighted by Gasteiger charge is -2.08. The lowest BCUT2D eigenvalue weighted by Crippen LogP contribution is -2.33. The zero-order valence-corrected chi connectivity index (χ0v) is 11.2. The topological polar surface area (TPSA) is 117 Å². The number of hydrogen-bond donors (Lipinski definition) is 1. The van der Waals surface area contributed by atoms with Crippen molar-refractivity contribution in [2.24, 2.45) is 5.73 Å². The molecule has 0 unspecified atom stereocenters. The summed E-state index contributed by atoms with van der Waals surface area (Å²) in [5.74, 6) is -2.29. The van der Waals surface area contributed by atoms with E-state index in [0.717, 1.165) is 4.68 Å². The van der Waals surface area contributed by atoms with Gasteiger partial charge in [0, 0.05) is 5.56 Å². The molecule has 8 heteroatoms. The van der Waals surface area contributed by atoms with Crippen molar-refractivity contribution in [1.82, 2.24) is 9.78 Å². The van der Waals surface area contributed by atoms with Gasteiger partial charge in [0.05, 0.1) is 0 Å². The van der Waals surface area contributed by atoms with Crippen molar-refractivity contribution in [3.8, 4) is 11.5 Å². The molecule has 1 heterocycles. The van der Waals surface area contributed by atoms with E-state index in [1.807, 2.05) is 0 Å². The van der Waals surface area contributed by atoms with Crippen LogP contribution in [-0.2, 0) is 20.9 Å². The quantitative estimate of drug-likeness (QED) is 0.770. The highest BCUT2D eigenvalue weighted by molar-refractivity contribution is 5.81. The molecule has 0 aliphatic carbocycles. The minimum absolute atomic E-state index is 0.0938. The number of esters is 1. The van der Waals surface area contributed by atoms with Gasteiger partial charge in [-0.05, 0) is 19.1 Å². The fraction of sp³-hybridized carbons (Fsp3) is 0.231. The fourth-order valence-electron chi connectivity index (χ4n) is 1.52. The van der Waals surface area contributed by atoms with Crippen LogP contribution in [0.1, 0.15) is 6.92 Å². The van der Waals surface area contributed by atoms with Crippen LogP contribution in [-0.4, -0.2) is 27.8 Å². The van der Waals surface area contributed by atoms with Crippen LogP contribution in [0.25, 0.3) is 11.5 Å². The molecule has 1 atom stereocenters. The van der Waals surface area contributed by atoms with E-state index >= 15 is 0 Å². The molecular weight excluding hydrogens is 278 g/mol. The normalized spacial score (nSPS) is 11.9. The van der Waals surface area contributed by atoms with Crippen molar-refractivity contribution in [2.75, 3.05) is 0 Å². The Morgan fingerprint density at radius 3 is 2.67 bits per heavy atom. The molecule has 0 radical (unpaired) electrons. The molecule has 1 aromatic heterocycles. The highest BCUT2D eigenvalue weighted by atomic mass is 16.5. The van der Waals surface area contributed by atoms with E-state index in [9.17, 15) is 14.4 Å². The SMILES string of the molecule is C[C@H](OC(=O)Cn1nc(-c2ccccc2)oc1=O)C(N)=O. The zero-order valence-electron chi connectivity index (χ0n) is 11.2. The van der Waals surface area contributed by atoms with Crippen molar-refractivity contribution >= 4 is 11.9 Å². The molecule has 21 heavy (non-hydrogen) atoms. The van der Waals surface area contributed by atoms with Crippen LogP contribution in [0.15, 0.2) is 39.5 Å². The monoisotopic (exact) mass is 291 g/mol. The lowest BCUT2D eigenvalue weighted by molar-refractivity contribution is -0.154. The maximum atomic E-state index is 11.6. The molecular formula is C13H13N3O5. The van der Waals surface area contributed by atoms with Crippen LogP contribution >= 0.6 is 0 Å². The number of carbonyl (C=O) groups is 2. The van der Waals surface area contributed by atoms with Crippen molar-refractivity contribution in [3.63, 3.8) is 0 Å². The number of carbonyl (C=O) groups excluding carboxylic acids is 2. The highest BCUT2D eigenvalue weighted by Crippen LogP contribution is 2.13. The van der Waals surface area contributed by atoms with E-state index < -0.39 is 30.3 Å². The summed E-state index contributed by atoms with van der Waals surface area (Å²) in [4.78, 5) is 33.9. The predicted octanol–water partition coefficient (Wildman–Crippen LogP) is -0.0797. The van der Waals surface area contributed by atoms with Gasteiger partial charge in [-0.1, -0.05) is 18.2 Å². The molecule has 2 aromatic rings. The molecule has 0 saturated heterocycles. The largest absolute Gasteiger partial charge is 0.451 e. The first-order valence-corrected chi connectivity index (χ1v) is 6.09. The van der Waals surface area contributed by atoms with E-state index in [1.165, 1.54) is 6.92 Å². The van der Waals surface area contributed by atoms with E-state index in [0.29, 0.717) is 5.56 Å². The number of primary amides is 1. The standard InChI is InChI=1S/C13H13N3O5/c1-8(11(14)18)20-10(17)7-16-13(19)21-12(15-16)9-5-3-2-4-6-9/h2-6,8H,7H2,1H3,(H2,14,18)/t8-/m0/s1. The summed E-state index contributed by atoms with van der Waals surface area (Å²) < 4.78 is 10.5. The number of amides is 1. The van der Waals surface area contributed by atoms with Gasteiger partial charge >= 0.3 is 11.7 Å². The maximum absolute atomic E-state index is 11.6. The van der Waals surface area contributed by atoms with Gasteiger partial charge in [0.15, 0.2) is 6.10 Å². The van der Waals surface area contributed by atoms with Crippen LogP contribution in [0.4, 0.5) is 0 Å². The molecule has 0 spiro atoms. The Morgan fingerprint density at radius 1 is 1.38 bits per heavy atom. The smallest absolute Gasteiger partial charge is 0.437 e. The van der Waals surface area contributed by atoms with Gasteiger partial charge in [0.1, 0.15) is 6.54 Å². The lowest BCUT2D eigenvalue weighted by atomic mass is 10.2. The van der Waals surface area contributed by atoms with E-state index in [4.69, 9.17) is 14.9 Å². The first-order chi connectivity index (χ1) is 9.97. The first kappa shape index (κ1) is 14.5.